The summed E-state index contributed by atoms with van der Waals surface area (Å²) in [5.41, 5.74) is 9.20. The number of benzene rings is 2. The molecule has 9 nitrogen and oxygen atoms in total. The predicted molar refractivity (Wildman–Crippen MR) is 152 cm³/mol. The lowest BCUT2D eigenvalue weighted by atomic mass is 9.97. The van der Waals surface area contributed by atoms with Crippen LogP contribution in [0.1, 0.15) is 17.7 Å². The van der Waals surface area contributed by atoms with E-state index in [0.717, 1.165) is 6.07 Å². The number of carbonyl (C=O) groups excluding carboxylic acids is 1. The van der Waals surface area contributed by atoms with Crippen molar-refractivity contribution in [3.63, 3.8) is 0 Å². The zero-order valence-electron chi connectivity index (χ0n) is 21.7. The fourth-order valence-corrected chi connectivity index (χ4v) is 4.76. The molecule has 0 aliphatic heterocycles. The highest BCUT2D eigenvalue weighted by Gasteiger charge is 2.25. The second-order valence-corrected chi connectivity index (χ2v) is 9.33. The van der Waals surface area contributed by atoms with Crippen molar-refractivity contribution in [2.75, 3.05) is 11.1 Å². The molecule has 0 saturated carbocycles. The van der Waals surface area contributed by atoms with E-state index in [1.54, 1.807) is 48.0 Å². The smallest absolute Gasteiger partial charge is 0.322 e. The van der Waals surface area contributed by atoms with Gasteiger partial charge in [0.1, 0.15) is 23.3 Å². The van der Waals surface area contributed by atoms with E-state index < -0.39 is 23.9 Å². The predicted octanol–water partition coefficient (Wildman–Crippen LogP) is 6.96. The van der Waals surface area contributed by atoms with Gasteiger partial charge in [0, 0.05) is 36.3 Å². The Hall–Kier alpha value is -5.41. The number of aromatic nitrogens is 4. The first-order chi connectivity index (χ1) is 20.1. The Morgan fingerprint density at radius 1 is 1.19 bits per heavy atom. The fourth-order valence-electron chi connectivity index (χ4n) is 4.49. The summed E-state index contributed by atoms with van der Waals surface area (Å²) in [4.78, 5) is 23.6. The van der Waals surface area contributed by atoms with E-state index >= 15 is 0 Å². The van der Waals surface area contributed by atoms with Gasteiger partial charge in [0.15, 0.2) is 5.83 Å². The van der Waals surface area contributed by atoms with Crippen molar-refractivity contribution in [3.8, 4) is 40.2 Å². The number of ether oxygens (including phenoxy) is 1. The molecule has 3 N–H and O–H groups in total. The lowest BCUT2D eigenvalue weighted by Crippen LogP contribution is -2.11. The Morgan fingerprint density at radius 2 is 1.93 bits per heavy atom. The van der Waals surface area contributed by atoms with Crippen molar-refractivity contribution < 1.29 is 22.7 Å². The number of nitriles is 1. The van der Waals surface area contributed by atoms with Crippen molar-refractivity contribution in [3.05, 3.63) is 89.6 Å². The molecule has 0 aliphatic rings. The molecule has 0 bridgehead atoms. The average Bonchev–Trinajstić information content (AvgIpc) is 3.27. The molecule has 42 heavy (non-hydrogen) atoms. The Morgan fingerprint density at radius 3 is 2.57 bits per heavy atom. The van der Waals surface area contributed by atoms with Gasteiger partial charge in [-0.2, -0.15) is 10.2 Å². The van der Waals surface area contributed by atoms with E-state index in [-0.39, 0.29) is 33.9 Å². The third-order valence-corrected chi connectivity index (χ3v) is 6.63. The van der Waals surface area contributed by atoms with Gasteiger partial charge in [0.2, 0.25) is 0 Å². The summed E-state index contributed by atoms with van der Waals surface area (Å²) in [5, 5.41) is 12.9. The van der Waals surface area contributed by atoms with Crippen molar-refractivity contribution in [1.29, 1.82) is 5.26 Å². The molecule has 0 spiro atoms. The minimum absolute atomic E-state index is 0.167. The highest BCUT2D eigenvalue weighted by Crippen LogP contribution is 2.45. The van der Waals surface area contributed by atoms with Gasteiger partial charge in [-0.05, 0) is 42.0 Å². The van der Waals surface area contributed by atoms with Gasteiger partial charge in [-0.15, -0.1) is 0 Å². The molecule has 0 aliphatic carbocycles. The van der Waals surface area contributed by atoms with Crippen LogP contribution in [-0.2, 0) is 11.8 Å². The van der Waals surface area contributed by atoms with Crippen molar-refractivity contribution in [1.82, 2.24) is 19.5 Å². The van der Waals surface area contributed by atoms with Crippen LogP contribution in [0.3, 0.4) is 0 Å². The topological polar surface area (TPSA) is 132 Å². The number of amides is 1. The van der Waals surface area contributed by atoms with Crippen LogP contribution in [0, 0.1) is 11.3 Å². The van der Waals surface area contributed by atoms with Gasteiger partial charge in [0.05, 0.1) is 27.2 Å². The van der Waals surface area contributed by atoms with Crippen LogP contribution in [0.2, 0.25) is 5.02 Å². The molecular formula is C29H19ClF3N7O2. The number of fused-ring (bicyclic) bond motifs is 1. The van der Waals surface area contributed by atoms with E-state index in [0.29, 0.717) is 33.3 Å². The van der Waals surface area contributed by atoms with Crippen molar-refractivity contribution in [2.45, 2.75) is 6.43 Å². The number of nitrogens with one attached hydrogen (secondary N) is 1. The fraction of sp³-hybridized carbons (Fsp3) is 0.0690. The SMILES string of the molecule is C=C(F)C(=O)Nc1ccc(-c2c(-c3ccc(Oc4nccc(C(F)F)n4)cc3)c3c(N)ncc(C#N)c3n2C)c(Cl)c1. The van der Waals surface area contributed by atoms with E-state index in [4.69, 9.17) is 22.1 Å². The summed E-state index contributed by atoms with van der Waals surface area (Å²) in [6.45, 7) is 2.98. The zero-order chi connectivity index (χ0) is 30.1. The summed E-state index contributed by atoms with van der Waals surface area (Å²) in [5.74, 6) is -1.71. The second-order valence-electron chi connectivity index (χ2n) is 8.92. The Labute approximate surface area is 241 Å². The van der Waals surface area contributed by atoms with Gasteiger partial charge >= 0.3 is 6.01 Å². The van der Waals surface area contributed by atoms with Crippen molar-refractivity contribution in [2.24, 2.45) is 7.05 Å². The van der Waals surface area contributed by atoms with Gasteiger partial charge in [-0.3, -0.25) is 4.79 Å². The maximum atomic E-state index is 13.2. The Kier molecular flexibility index (Phi) is 7.52. The van der Waals surface area contributed by atoms with Crippen LogP contribution in [0.15, 0.2) is 73.3 Å². The number of alkyl halides is 2. The van der Waals surface area contributed by atoms with Crippen LogP contribution < -0.4 is 15.8 Å². The zero-order valence-corrected chi connectivity index (χ0v) is 22.5. The molecule has 0 atom stereocenters. The first kappa shape index (κ1) is 28.1. The number of nitrogen functional groups attached to an aromatic ring is 1. The normalized spacial score (nSPS) is 11.0. The van der Waals surface area contributed by atoms with Gasteiger partial charge < -0.3 is 20.4 Å². The van der Waals surface area contributed by atoms with Crippen LogP contribution in [0.5, 0.6) is 11.8 Å². The lowest BCUT2D eigenvalue weighted by molar-refractivity contribution is -0.114. The number of halogens is 4. The number of hydrogen-bond acceptors (Lipinski definition) is 7. The lowest BCUT2D eigenvalue weighted by Gasteiger charge is -2.13. The molecule has 3 heterocycles. The highest BCUT2D eigenvalue weighted by molar-refractivity contribution is 6.34. The molecule has 2 aromatic carbocycles. The number of nitrogens with two attached hydrogens (primary N) is 1. The summed E-state index contributed by atoms with van der Waals surface area (Å²) in [6.07, 6.45) is -0.225. The van der Waals surface area contributed by atoms with Gasteiger partial charge in [-0.25, -0.2) is 23.1 Å². The molecular weight excluding hydrogens is 571 g/mol. The molecule has 5 rings (SSSR count). The Balaban J connectivity index is 1.64. The second kappa shape index (κ2) is 11.2. The largest absolute Gasteiger partial charge is 0.424 e. The third-order valence-electron chi connectivity index (χ3n) is 6.32. The number of pyridine rings is 1. The molecule has 0 saturated heterocycles. The molecule has 13 heteroatoms. The standard InChI is InChI=1S/C29H19ClF3N7O2/c1-14(31)28(41)38-17-5-8-19(20(30)11-17)25-22(23-24(40(25)2)16(12-34)13-37-27(23)35)15-3-6-18(7-4-15)42-29-36-10-9-21(39-29)26(32)33/h3-11,13,26H,1H2,2H3,(H2,35,37)(H,38,41). The number of hydrogen-bond donors (Lipinski definition) is 2. The molecule has 3 aromatic heterocycles. The molecule has 0 fully saturated rings. The number of aryl methyl sites for hydroxylation is 1. The van der Waals surface area contributed by atoms with Crippen LogP contribution in [-0.4, -0.2) is 25.4 Å². The number of nitrogens with zero attached hydrogens (tertiary/aromatic N) is 5. The monoisotopic (exact) mass is 589 g/mol. The molecule has 1 amide bonds. The first-order valence-corrected chi connectivity index (χ1v) is 12.5. The van der Waals surface area contributed by atoms with Gasteiger partial charge in [-0.1, -0.05) is 30.3 Å². The summed E-state index contributed by atoms with van der Waals surface area (Å²) in [7, 11) is 1.74. The number of rotatable bonds is 7. The van der Waals surface area contributed by atoms with E-state index in [1.165, 1.54) is 18.5 Å². The summed E-state index contributed by atoms with van der Waals surface area (Å²) in [6, 6.07) is 14.2. The number of anilines is 2. The van der Waals surface area contributed by atoms with Crippen LogP contribution in [0.25, 0.3) is 33.3 Å². The quantitative estimate of drug-likeness (QED) is 0.196. The average molecular weight is 590 g/mol. The van der Waals surface area contributed by atoms with E-state index in [9.17, 15) is 23.2 Å². The molecule has 0 unspecified atom stereocenters. The minimum atomic E-state index is -2.78. The maximum absolute atomic E-state index is 13.2. The molecule has 5 aromatic rings. The Bertz CT molecular complexity index is 1920. The summed E-state index contributed by atoms with van der Waals surface area (Å²) < 4.78 is 46.6. The third kappa shape index (κ3) is 5.21. The van der Waals surface area contributed by atoms with E-state index in [2.05, 4.69) is 32.9 Å². The number of carbonyl (C=O) groups is 1. The van der Waals surface area contributed by atoms with Crippen LogP contribution >= 0.6 is 11.6 Å². The molecule has 210 valence electrons. The van der Waals surface area contributed by atoms with E-state index in [1.807, 2.05) is 0 Å². The minimum Gasteiger partial charge on any atom is -0.424 e. The van der Waals surface area contributed by atoms with Gasteiger partial charge in [0.25, 0.3) is 12.3 Å². The highest BCUT2D eigenvalue weighted by atomic mass is 35.5. The van der Waals surface area contributed by atoms with Crippen molar-refractivity contribution >= 4 is 39.9 Å². The molecule has 0 radical (unpaired) electrons. The first-order valence-electron chi connectivity index (χ1n) is 12.1. The summed E-state index contributed by atoms with van der Waals surface area (Å²) >= 11 is 6.67. The maximum Gasteiger partial charge on any atom is 0.322 e. The van der Waals surface area contributed by atoms with Crippen LogP contribution in [0.4, 0.5) is 24.7 Å².